The van der Waals surface area contributed by atoms with Crippen molar-refractivity contribution in [3.63, 3.8) is 0 Å². The first-order valence-corrected chi connectivity index (χ1v) is 6.96. The Morgan fingerprint density at radius 2 is 2.09 bits per heavy atom. The van der Waals surface area contributed by atoms with E-state index in [0.29, 0.717) is 15.3 Å². The highest BCUT2D eigenvalue weighted by molar-refractivity contribution is 7.22. The van der Waals surface area contributed by atoms with E-state index < -0.39 is 16.6 Å². The van der Waals surface area contributed by atoms with Crippen LogP contribution in [0, 0.1) is 15.9 Å². The Bertz CT molecular complexity index is 894. The van der Waals surface area contributed by atoms with Crippen molar-refractivity contribution in [1.82, 2.24) is 4.98 Å². The van der Waals surface area contributed by atoms with Gasteiger partial charge in [0.15, 0.2) is 5.13 Å². The molecule has 0 unspecified atom stereocenters. The fourth-order valence-electron chi connectivity index (χ4n) is 1.88. The molecule has 1 aromatic heterocycles. The van der Waals surface area contributed by atoms with E-state index in [9.17, 15) is 19.3 Å². The summed E-state index contributed by atoms with van der Waals surface area (Å²) in [5.74, 6) is -0.999. The predicted octanol–water partition coefficient (Wildman–Crippen LogP) is 3.60. The molecule has 110 valence electrons. The highest BCUT2D eigenvalue weighted by Gasteiger charge is 2.13. The van der Waals surface area contributed by atoms with Gasteiger partial charge in [0.25, 0.3) is 11.6 Å². The van der Waals surface area contributed by atoms with Crippen LogP contribution in [0.25, 0.3) is 10.2 Å². The minimum atomic E-state index is -0.510. The lowest BCUT2D eigenvalue weighted by Gasteiger charge is -2.00. The van der Waals surface area contributed by atoms with Crippen LogP contribution in [-0.2, 0) is 0 Å². The van der Waals surface area contributed by atoms with Crippen molar-refractivity contribution >= 4 is 38.3 Å². The van der Waals surface area contributed by atoms with Crippen LogP contribution in [0.5, 0.6) is 0 Å². The fourth-order valence-corrected chi connectivity index (χ4v) is 2.72. The van der Waals surface area contributed by atoms with E-state index >= 15 is 0 Å². The van der Waals surface area contributed by atoms with Crippen LogP contribution in [0.4, 0.5) is 15.2 Å². The molecule has 22 heavy (non-hydrogen) atoms. The Morgan fingerprint density at radius 1 is 1.27 bits per heavy atom. The van der Waals surface area contributed by atoms with Crippen LogP contribution < -0.4 is 5.32 Å². The molecule has 0 bridgehead atoms. The van der Waals surface area contributed by atoms with Gasteiger partial charge in [0.05, 0.1) is 15.1 Å². The number of carbonyl (C=O) groups excluding carboxylic acids is 1. The molecule has 0 saturated carbocycles. The molecule has 6 nitrogen and oxygen atoms in total. The van der Waals surface area contributed by atoms with E-state index in [4.69, 9.17) is 0 Å². The zero-order chi connectivity index (χ0) is 15.7. The summed E-state index contributed by atoms with van der Waals surface area (Å²) in [4.78, 5) is 26.3. The predicted molar refractivity (Wildman–Crippen MR) is 80.6 cm³/mol. The van der Waals surface area contributed by atoms with Crippen molar-refractivity contribution in [3.8, 4) is 0 Å². The Hall–Kier alpha value is -2.87. The van der Waals surface area contributed by atoms with E-state index in [-0.39, 0.29) is 11.3 Å². The van der Waals surface area contributed by atoms with Gasteiger partial charge in [0.1, 0.15) is 5.82 Å². The summed E-state index contributed by atoms with van der Waals surface area (Å²) >= 11 is 1.19. The van der Waals surface area contributed by atoms with Crippen LogP contribution in [-0.4, -0.2) is 15.8 Å². The van der Waals surface area contributed by atoms with E-state index in [0.717, 1.165) is 6.07 Å². The number of nitro benzene ring substituents is 1. The van der Waals surface area contributed by atoms with Gasteiger partial charge in [-0.2, -0.15) is 0 Å². The summed E-state index contributed by atoms with van der Waals surface area (Å²) in [6, 6.07) is 9.56. The number of anilines is 1. The van der Waals surface area contributed by atoms with Gasteiger partial charge < -0.3 is 0 Å². The molecule has 0 aliphatic heterocycles. The van der Waals surface area contributed by atoms with Gasteiger partial charge in [-0.1, -0.05) is 17.4 Å². The number of non-ortho nitro benzene ring substituents is 1. The quantitative estimate of drug-likeness (QED) is 0.591. The number of hydrogen-bond acceptors (Lipinski definition) is 5. The number of benzene rings is 2. The molecule has 0 radical (unpaired) electrons. The smallest absolute Gasteiger partial charge is 0.271 e. The first-order valence-electron chi connectivity index (χ1n) is 6.15. The summed E-state index contributed by atoms with van der Waals surface area (Å²) in [5, 5.41) is 13.6. The maximum absolute atomic E-state index is 13.1. The van der Waals surface area contributed by atoms with Crippen molar-refractivity contribution in [3.05, 3.63) is 64.0 Å². The highest BCUT2D eigenvalue weighted by atomic mass is 32.1. The average Bonchev–Trinajstić information content (AvgIpc) is 2.88. The van der Waals surface area contributed by atoms with Gasteiger partial charge in [-0.05, 0) is 24.3 Å². The zero-order valence-corrected chi connectivity index (χ0v) is 11.8. The molecular weight excluding hydrogens is 309 g/mol. The van der Waals surface area contributed by atoms with Gasteiger partial charge in [-0.3, -0.25) is 20.2 Å². The standard InChI is InChI=1S/C14H8FN3O3S/c15-9-3-1-2-8(6-9)13(19)17-14-16-11-7-10(18(20)21)4-5-12(11)22-14/h1-7H,(H,16,17,19). The Labute approximate surface area is 127 Å². The number of carbonyl (C=O) groups is 1. The second-order valence-electron chi connectivity index (χ2n) is 4.39. The number of fused-ring (bicyclic) bond motifs is 1. The summed E-state index contributed by atoms with van der Waals surface area (Å²) < 4.78 is 13.8. The Kier molecular flexibility index (Phi) is 3.51. The van der Waals surface area contributed by atoms with Crippen molar-refractivity contribution in [1.29, 1.82) is 0 Å². The molecule has 1 heterocycles. The monoisotopic (exact) mass is 317 g/mol. The molecular formula is C14H8FN3O3S. The maximum atomic E-state index is 13.1. The molecule has 8 heteroatoms. The topological polar surface area (TPSA) is 85.1 Å². The molecule has 3 aromatic rings. The molecule has 0 saturated heterocycles. The number of amides is 1. The summed E-state index contributed by atoms with van der Waals surface area (Å²) in [6.07, 6.45) is 0. The molecule has 0 atom stereocenters. The van der Waals surface area contributed by atoms with E-state index in [1.807, 2.05) is 0 Å². The lowest BCUT2D eigenvalue weighted by Crippen LogP contribution is -2.11. The molecule has 0 aliphatic rings. The fraction of sp³-hybridized carbons (Fsp3) is 0. The molecule has 0 aliphatic carbocycles. The van der Waals surface area contributed by atoms with E-state index in [1.165, 1.54) is 41.7 Å². The van der Waals surface area contributed by atoms with Crippen LogP contribution in [0.2, 0.25) is 0 Å². The number of halogens is 1. The first kappa shape index (κ1) is 14.1. The minimum Gasteiger partial charge on any atom is -0.298 e. The number of rotatable bonds is 3. The Balaban J connectivity index is 1.87. The summed E-state index contributed by atoms with van der Waals surface area (Å²) in [7, 11) is 0. The van der Waals surface area contributed by atoms with Crippen molar-refractivity contribution < 1.29 is 14.1 Å². The number of nitrogens with zero attached hydrogens (tertiary/aromatic N) is 2. The SMILES string of the molecule is O=C(Nc1nc2cc([N+](=O)[O-])ccc2s1)c1cccc(F)c1. The van der Waals surface area contributed by atoms with Crippen LogP contribution >= 0.6 is 11.3 Å². The molecule has 0 fully saturated rings. The van der Waals surface area contributed by atoms with Crippen molar-refractivity contribution in [2.75, 3.05) is 5.32 Å². The van der Waals surface area contributed by atoms with E-state index in [2.05, 4.69) is 10.3 Å². The lowest BCUT2D eigenvalue weighted by atomic mass is 10.2. The number of aromatic nitrogens is 1. The third-order valence-electron chi connectivity index (χ3n) is 2.89. The van der Waals surface area contributed by atoms with Gasteiger partial charge in [-0.25, -0.2) is 9.37 Å². The average molecular weight is 317 g/mol. The molecule has 0 spiro atoms. The van der Waals surface area contributed by atoms with Gasteiger partial charge in [-0.15, -0.1) is 0 Å². The lowest BCUT2D eigenvalue weighted by molar-refractivity contribution is -0.384. The minimum absolute atomic E-state index is 0.0687. The van der Waals surface area contributed by atoms with Gasteiger partial charge >= 0.3 is 0 Å². The van der Waals surface area contributed by atoms with Crippen molar-refractivity contribution in [2.24, 2.45) is 0 Å². The highest BCUT2D eigenvalue weighted by Crippen LogP contribution is 2.29. The van der Waals surface area contributed by atoms with Crippen LogP contribution in [0.3, 0.4) is 0 Å². The molecule has 1 amide bonds. The third kappa shape index (κ3) is 2.77. The second kappa shape index (κ2) is 5.49. The molecule has 3 rings (SSSR count). The van der Waals surface area contributed by atoms with Gasteiger partial charge in [0, 0.05) is 17.7 Å². The zero-order valence-electron chi connectivity index (χ0n) is 10.9. The number of nitrogens with one attached hydrogen (secondary N) is 1. The maximum Gasteiger partial charge on any atom is 0.271 e. The van der Waals surface area contributed by atoms with Crippen LogP contribution in [0.15, 0.2) is 42.5 Å². The number of thiazole rings is 1. The second-order valence-corrected chi connectivity index (χ2v) is 5.42. The number of hydrogen-bond donors (Lipinski definition) is 1. The Morgan fingerprint density at radius 3 is 2.82 bits per heavy atom. The largest absolute Gasteiger partial charge is 0.298 e. The number of nitro groups is 1. The van der Waals surface area contributed by atoms with Gasteiger partial charge in [0.2, 0.25) is 0 Å². The van der Waals surface area contributed by atoms with Crippen molar-refractivity contribution in [2.45, 2.75) is 0 Å². The van der Waals surface area contributed by atoms with E-state index in [1.54, 1.807) is 6.07 Å². The summed E-state index contributed by atoms with van der Waals surface area (Å²) in [6.45, 7) is 0. The third-order valence-corrected chi connectivity index (χ3v) is 3.84. The van der Waals surface area contributed by atoms with Crippen LogP contribution in [0.1, 0.15) is 10.4 Å². The normalized spacial score (nSPS) is 10.6. The first-order chi connectivity index (χ1) is 10.5. The molecule has 2 aromatic carbocycles. The summed E-state index contributed by atoms with van der Waals surface area (Å²) in [5.41, 5.74) is 0.528. The molecule has 1 N–H and O–H groups in total.